The topological polar surface area (TPSA) is 52.6 Å². The predicted octanol–water partition coefficient (Wildman–Crippen LogP) is 3.40. The molecule has 0 aromatic rings. The summed E-state index contributed by atoms with van der Waals surface area (Å²) >= 11 is 0. The lowest BCUT2D eigenvalue weighted by Gasteiger charge is -2.68. The maximum Gasteiger partial charge on any atom is 0.344 e. The molecule has 22 heavy (non-hydrogen) atoms. The maximum absolute atomic E-state index is 12.1. The van der Waals surface area contributed by atoms with Gasteiger partial charge >= 0.3 is 11.9 Å². The fourth-order valence-electron chi connectivity index (χ4n) is 6.74. The number of hydrogen-bond acceptors (Lipinski definition) is 4. The van der Waals surface area contributed by atoms with Crippen molar-refractivity contribution in [1.82, 2.24) is 0 Å². The van der Waals surface area contributed by atoms with Crippen molar-refractivity contribution >= 4 is 11.9 Å². The van der Waals surface area contributed by atoms with Crippen molar-refractivity contribution in [3.8, 4) is 0 Å². The van der Waals surface area contributed by atoms with E-state index < -0.39 is 11.9 Å². The van der Waals surface area contributed by atoms with Gasteiger partial charge in [0.15, 0.2) is 6.61 Å². The highest BCUT2D eigenvalue weighted by molar-refractivity contribution is 5.83. The Bertz CT molecular complexity index is 482. The minimum absolute atomic E-state index is 0.260. The minimum atomic E-state index is -0.589. The van der Waals surface area contributed by atoms with Crippen LogP contribution < -0.4 is 0 Å². The Hall–Kier alpha value is -1.32. The molecule has 4 rings (SSSR count). The third-order valence-electron chi connectivity index (χ3n) is 5.64. The predicted molar refractivity (Wildman–Crippen MR) is 82.0 cm³/mol. The van der Waals surface area contributed by atoms with E-state index in [0.717, 1.165) is 25.3 Å². The van der Waals surface area contributed by atoms with Gasteiger partial charge in [0.1, 0.15) is 5.60 Å². The molecular formula is C18H26O4. The largest absolute Gasteiger partial charge is 0.456 e. The van der Waals surface area contributed by atoms with Crippen molar-refractivity contribution in [3.05, 3.63) is 12.7 Å². The summed E-state index contributed by atoms with van der Waals surface area (Å²) in [6.07, 6.45) is 7.53. The molecule has 0 aromatic heterocycles. The van der Waals surface area contributed by atoms with Crippen molar-refractivity contribution in [2.24, 2.45) is 16.2 Å². The molecule has 0 heterocycles. The van der Waals surface area contributed by atoms with Crippen LogP contribution in [0.4, 0.5) is 0 Å². The van der Waals surface area contributed by atoms with E-state index in [1.165, 1.54) is 19.3 Å². The van der Waals surface area contributed by atoms with Gasteiger partial charge < -0.3 is 9.47 Å². The molecule has 4 heteroatoms. The van der Waals surface area contributed by atoms with Crippen LogP contribution in [0.25, 0.3) is 0 Å². The Morgan fingerprint density at radius 2 is 1.41 bits per heavy atom. The number of carbonyl (C=O) groups excluding carboxylic acids is 2. The van der Waals surface area contributed by atoms with E-state index in [9.17, 15) is 9.59 Å². The summed E-state index contributed by atoms with van der Waals surface area (Å²) in [5.74, 6) is -1.03. The third kappa shape index (κ3) is 2.68. The Labute approximate surface area is 132 Å². The molecule has 4 bridgehead atoms. The molecule has 0 amide bonds. The van der Waals surface area contributed by atoms with Crippen LogP contribution in [0.15, 0.2) is 12.7 Å². The molecule has 4 nitrogen and oxygen atoms in total. The summed E-state index contributed by atoms with van der Waals surface area (Å²) in [4.78, 5) is 23.2. The van der Waals surface area contributed by atoms with E-state index >= 15 is 0 Å². The average molecular weight is 306 g/mol. The second kappa shape index (κ2) is 4.59. The molecule has 4 aliphatic carbocycles. The van der Waals surface area contributed by atoms with Gasteiger partial charge in [0.25, 0.3) is 0 Å². The minimum Gasteiger partial charge on any atom is -0.456 e. The summed E-state index contributed by atoms with van der Waals surface area (Å²) in [5, 5.41) is 0. The second-order valence-corrected chi connectivity index (χ2v) is 8.96. The first-order chi connectivity index (χ1) is 10.1. The first kappa shape index (κ1) is 15.6. The maximum atomic E-state index is 12.1. The molecule has 0 aliphatic heterocycles. The first-order valence-electron chi connectivity index (χ1n) is 8.10. The number of carbonyl (C=O) groups is 2. The van der Waals surface area contributed by atoms with Crippen LogP contribution in [0.2, 0.25) is 0 Å². The lowest BCUT2D eigenvalue weighted by Crippen LogP contribution is -2.63. The summed E-state index contributed by atoms with van der Waals surface area (Å²) < 4.78 is 10.7. The lowest BCUT2D eigenvalue weighted by molar-refractivity contribution is -0.238. The molecule has 4 fully saturated rings. The molecule has 4 saturated carbocycles. The molecule has 0 unspecified atom stereocenters. The molecule has 4 aliphatic rings. The third-order valence-corrected chi connectivity index (χ3v) is 5.64. The van der Waals surface area contributed by atoms with E-state index in [2.05, 4.69) is 27.4 Å². The zero-order valence-electron chi connectivity index (χ0n) is 13.9. The van der Waals surface area contributed by atoms with Crippen molar-refractivity contribution in [3.63, 3.8) is 0 Å². The first-order valence-corrected chi connectivity index (χ1v) is 8.10. The zero-order chi connectivity index (χ0) is 16.2. The summed E-state index contributed by atoms with van der Waals surface area (Å²) in [5.41, 5.74) is 0.410. The van der Waals surface area contributed by atoms with Gasteiger partial charge in [-0.25, -0.2) is 9.59 Å². The van der Waals surface area contributed by atoms with Gasteiger partial charge in [-0.15, -0.1) is 0 Å². The average Bonchev–Trinajstić information content (AvgIpc) is 2.29. The van der Waals surface area contributed by atoms with Crippen LogP contribution in [-0.4, -0.2) is 24.1 Å². The quantitative estimate of drug-likeness (QED) is 0.590. The highest BCUT2D eigenvalue weighted by Gasteiger charge is 2.65. The SMILES string of the molecule is C=CC(=O)OCC(=O)OC12CC3(C)CC(C)(CC(C)(C3)C1)C2. The molecule has 122 valence electrons. The Morgan fingerprint density at radius 3 is 1.82 bits per heavy atom. The van der Waals surface area contributed by atoms with Crippen molar-refractivity contribution < 1.29 is 19.1 Å². The van der Waals surface area contributed by atoms with Gasteiger partial charge in [-0.2, -0.15) is 0 Å². The monoisotopic (exact) mass is 306 g/mol. The Morgan fingerprint density at radius 1 is 0.955 bits per heavy atom. The van der Waals surface area contributed by atoms with Crippen LogP contribution in [0.5, 0.6) is 0 Å². The van der Waals surface area contributed by atoms with Gasteiger partial charge in [-0.3, -0.25) is 0 Å². The summed E-state index contributed by atoms with van der Waals surface area (Å²) in [7, 11) is 0. The van der Waals surface area contributed by atoms with Crippen LogP contribution >= 0.6 is 0 Å². The standard InChI is InChI=1S/C18H26O4/c1-5-13(19)21-6-14(20)22-18-10-15(2)7-16(3,11-18)9-17(4,8-15)12-18/h5H,1,6-12H2,2-4H3. The summed E-state index contributed by atoms with van der Waals surface area (Å²) in [6, 6.07) is 0. The van der Waals surface area contributed by atoms with Gasteiger partial charge in [-0.05, 0) is 54.8 Å². The van der Waals surface area contributed by atoms with Gasteiger partial charge in [-0.1, -0.05) is 27.4 Å². The van der Waals surface area contributed by atoms with Crippen molar-refractivity contribution in [1.29, 1.82) is 0 Å². The normalized spacial score (nSPS) is 45.4. The van der Waals surface area contributed by atoms with E-state index in [-0.39, 0.29) is 28.5 Å². The van der Waals surface area contributed by atoms with Crippen LogP contribution in [0.3, 0.4) is 0 Å². The van der Waals surface area contributed by atoms with E-state index in [1.807, 2.05) is 0 Å². The Kier molecular flexibility index (Phi) is 3.25. The molecule has 0 radical (unpaired) electrons. The lowest BCUT2D eigenvalue weighted by atomic mass is 9.39. The molecule has 0 aromatic carbocycles. The van der Waals surface area contributed by atoms with Crippen LogP contribution in [0, 0.1) is 16.2 Å². The van der Waals surface area contributed by atoms with E-state index in [1.54, 1.807) is 0 Å². The fraction of sp³-hybridized carbons (Fsp3) is 0.778. The molecule has 0 spiro atoms. The molecular weight excluding hydrogens is 280 g/mol. The highest BCUT2D eigenvalue weighted by atomic mass is 16.6. The van der Waals surface area contributed by atoms with Crippen molar-refractivity contribution in [2.75, 3.05) is 6.61 Å². The highest BCUT2D eigenvalue weighted by Crippen LogP contribution is 2.71. The van der Waals surface area contributed by atoms with Crippen LogP contribution in [-0.2, 0) is 19.1 Å². The van der Waals surface area contributed by atoms with E-state index in [4.69, 9.17) is 9.47 Å². The number of rotatable bonds is 4. The van der Waals surface area contributed by atoms with Crippen molar-refractivity contribution in [2.45, 2.75) is 64.9 Å². The Balaban J connectivity index is 1.74. The number of hydrogen-bond donors (Lipinski definition) is 0. The zero-order valence-corrected chi connectivity index (χ0v) is 13.9. The summed E-state index contributed by atoms with van der Waals surface area (Å²) in [6.45, 7) is 10.0. The van der Waals surface area contributed by atoms with Crippen LogP contribution in [0.1, 0.15) is 59.3 Å². The number of esters is 2. The van der Waals surface area contributed by atoms with Gasteiger partial charge in [0.05, 0.1) is 0 Å². The fourth-order valence-corrected chi connectivity index (χ4v) is 6.74. The second-order valence-electron chi connectivity index (χ2n) is 8.96. The molecule has 0 N–H and O–H groups in total. The smallest absolute Gasteiger partial charge is 0.344 e. The molecule has 0 atom stereocenters. The van der Waals surface area contributed by atoms with E-state index in [0.29, 0.717) is 0 Å². The molecule has 0 saturated heterocycles. The van der Waals surface area contributed by atoms with Gasteiger partial charge in [0, 0.05) is 6.08 Å². The number of ether oxygens (including phenoxy) is 2. The van der Waals surface area contributed by atoms with Gasteiger partial charge in [0.2, 0.25) is 0 Å².